The van der Waals surface area contributed by atoms with Crippen molar-refractivity contribution in [2.45, 2.75) is 32.7 Å². The summed E-state index contributed by atoms with van der Waals surface area (Å²) in [6, 6.07) is 0.646. The molecule has 1 spiro atoms. The van der Waals surface area contributed by atoms with Gasteiger partial charge in [0.2, 0.25) is 0 Å². The highest BCUT2D eigenvalue weighted by Crippen LogP contribution is 2.40. The smallest absolute Gasteiger partial charge is 0.317 e. The van der Waals surface area contributed by atoms with E-state index in [-0.39, 0.29) is 6.54 Å². The lowest BCUT2D eigenvalue weighted by molar-refractivity contribution is -0.143. The first-order chi connectivity index (χ1) is 7.51. The normalized spacial score (nSPS) is 25.9. The molecule has 0 atom stereocenters. The Morgan fingerprint density at radius 3 is 2.31 bits per heavy atom. The molecular formula is C12H22N2O2. The van der Waals surface area contributed by atoms with Crippen LogP contribution in [0.2, 0.25) is 0 Å². The molecule has 0 aromatic carbocycles. The van der Waals surface area contributed by atoms with Crippen molar-refractivity contribution in [1.29, 1.82) is 0 Å². The van der Waals surface area contributed by atoms with Gasteiger partial charge in [-0.2, -0.15) is 0 Å². The molecule has 2 aliphatic heterocycles. The number of carboxylic acid groups (broad SMARTS) is 1. The van der Waals surface area contributed by atoms with Crippen LogP contribution in [0, 0.1) is 5.41 Å². The van der Waals surface area contributed by atoms with Crippen LogP contribution in [0.5, 0.6) is 0 Å². The van der Waals surface area contributed by atoms with E-state index in [1.807, 2.05) is 4.90 Å². The van der Waals surface area contributed by atoms with Crippen LogP contribution in [-0.4, -0.2) is 59.6 Å². The van der Waals surface area contributed by atoms with E-state index < -0.39 is 5.97 Å². The van der Waals surface area contributed by atoms with Crippen LogP contribution in [0.25, 0.3) is 0 Å². The van der Waals surface area contributed by atoms with Gasteiger partial charge in [-0.3, -0.25) is 9.69 Å². The summed E-state index contributed by atoms with van der Waals surface area (Å²) in [6.45, 7) is 9.05. The molecule has 1 N–H and O–H groups in total. The fourth-order valence-corrected chi connectivity index (χ4v) is 3.04. The maximum atomic E-state index is 10.6. The Morgan fingerprint density at radius 1 is 1.31 bits per heavy atom. The molecule has 0 radical (unpaired) electrons. The Kier molecular flexibility index (Phi) is 3.22. The van der Waals surface area contributed by atoms with E-state index in [1.54, 1.807) is 0 Å². The van der Waals surface area contributed by atoms with Gasteiger partial charge in [-0.05, 0) is 45.2 Å². The molecule has 0 bridgehead atoms. The summed E-state index contributed by atoms with van der Waals surface area (Å²) in [5.41, 5.74) is 0.445. The summed E-state index contributed by atoms with van der Waals surface area (Å²) in [5.74, 6) is -0.700. The monoisotopic (exact) mass is 226 g/mol. The van der Waals surface area contributed by atoms with Gasteiger partial charge in [0, 0.05) is 19.1 Å². The fourth-order valence-electron chi connectivity index (χ4n) is 3.04. The highest BCUT2D eigenvalue weighted by molar-refractivity contribution is 5.69. The molecule has 2 fully saturated rings. The minimum atomic E-state index is -0.700. The highest BCUT2D eigenvalue weighted by atomic mass is 16.4. The Bertz CT molecular complexity index is 262. The summed E-state index contributed by atoms with van der Waals surface area (Å²) < 4.78 is 0. The van der Waals surface area contributed by atoms with Crippen LogP contribution in [0.1, 0.15) is 26.7 Å². The molecule has 0 aromatic heterocycles. The number of likely N-dealkylation sites (tertiary alicyclic amines) is 2. The lowest BCUT2D eigenvalue weighted by atomic mass is 9.72. The number of hydrogen-bond acceptors (Lipinski definition) is 3. The van der Waals surface area contributed by atoms with E-state index in [0.717, 1.165) is 13.1 Å². The van der Waals surface area contributed by atoms with Crippen molar-refractivity contribution in [2.24, 2.45) is 5.41 Å². The summed E-state index contributed by atoms with van der Waals surface area (Å²) in [5, 5.41) is 8.70. The maximum absolute atomic E-state index is 10.6. The average Bonchev–Trinajstić information content (AvgIpc) is 2.15. The average molecular weight is 226 g/mol. The van der Waals surface area contributed by atoms with Gasteiger partial charge < -0.3 is 10.0 Å². The molecule has 0 amide bonds. The first-order valence-electron chi connectivity index (χ1n) is 6.19. The molecule has 2 saturated heterocycles. The van der Waals surface area contributed by atoms with Crippen LogP contribution in [0.15, 0.2) is 0 Å². The molecule has 2 rings (SSSR count). The van der Waals surface area contributed by atoms with Crippen molar-refractivity contribution in [3.8, 4) is 0 Å². The van der Waals surface area contributed by atoms with Gasteiger partial charge in [0.15, 0.2) is 0 Å². The second-order valence-corrected chi connectivity index (χ2v) is 5.67. The molecule has 0 unspecified atom stereocenters. The van der Waals surface area contributed by atoms with E-state index >= 15 is 0 Å². The van der Waals surface area contributed by atoms with Crippen LogP contribution >= 0.6 is 0 Å². The SMILES string of the molecule is CC(C)N1CCC2(CC1)CN(CC(=O)O)C2. The van der Waals surface area contributed by atoms with Gasteiger partial charge in [-0.25, -0.2) is 0 Å². The first kappa shape index (κ1) is 11.9. The van der Waals surface area contributed by atoms with Gasteiger partial charge in [0.05, 0.1) is 6.54 Å². The second-order valence-electron chi connectivity index (χ2n) is 5.67. The minimum Gasteiger partial charge on any atom is -0.480 e. The fraction of sp³-hybridized carbons (Fsp3) is 0.917. The number of carboxylic acids is 1. The molecule has 0 aliphatic carbocycles. The third-order valence-corrected chi connectivity index (χ3v) is 4.07. The van der Waals surface area contributed by atoms with Crippen molar-refractivity contribution in [2.75, 3.05) is 32.7 Å². The van der Waals surface area contributed by atoms with Crippen LogP contribution in [0.4, 0.5) is 0 Å². The zero-order valence-electron chi connectivity index (χ0n) is 10.3. The standard InChI is InChI=1S/C12H22N2O2/c1-10(2)14-5-3-12(4-6-14)8-13(9-12)7-11(15)16/h10H,3-9H2,1-2H3,(H,15,16). The first-order valence-corrected chi connectivity index (χ1v) is 6.19. The lowest BCUT2D eigenvalue weighted by Crippen LogP contribution is -2.61. The molecule has 0 aromatic rings. The van der Waals surface area contributed by atoms with Crippen molar-refractivity contribution in [1.82, 2.24) is 9.80 Å². The van der Waals surface area contributed by atoms with Crippen molar-refractivity contribution < 1.29 is 9.90 Å². The van der Waals surface area contributed by atoms with E-state index in [1.165, 1.54) is 25.9 Å². The van der Waals surface area contributed by atoms with Crippen LogP contribution in [-0.2, 0) is 4.79 Å². The highest BCUT2D eigenvalue weighted by Gasteiger charge is 2.45. The van der Waals surface area contributed by atoms with Gasteiger partial charge in [0.25, 0.3) is 0 Å². The van der Waals surface area contributed by atoms with Crippen molar-refractivity contribution >= 4 is 5.97 Å². The summed E-state index contributed by atoms with van der Waals surface area (Å²) >= 11 is 0. The predicted molar refractivity (Wildman–Crippen MR) is 62.5 cm³/mol. The molecule has 4 heteroatoms. The van der Waals surface area contributed by atoms with Crippen LogP contribution in [0.3, 0.4) is 0 Å². The molecule has 92 valence electrons. The Hall–Kier alpha value is -0.610. The molecule has 16 heavy (non-hydrogen) atoms. The predicted octanol–water partition coefficient (Wildman–Crippen LogP) is 0.877. The summed E-state index contributed by atoms with van der Waals surface area (Å²) in [7, 11) is 0. The maximum Gasteiger partial charge on any atom is 0.317 e. The second kappa shape index (κ2) is 4.34. The van der Waals surface area contributed by atoms with E-state index in [2.05, 4.69) is 18.7 Å². The Balaban J connectivity index is 1.76. The van der Waals surface area contributed by atoms with E-state index in [9.17, 15) is 4.79 Å². The number of aliphatic carboxylic acids is 1. The third-order valence-electron chi connectivity index (χ3n) is 4.07. The van der Waals surface area contributed by atoms with Crippen molar-refractivity contribution in [3.63, 3.8) is 0 Å². The Morgan fingerprint density at radius 2 is 1.88 bits per heavy atom. The Labute approximate surface area is 97.2 Å². The van der Waals surface area contributed by atoms with Crippen LogP contribution < -0.4 is 0 Å². The number of piperidine rings is 1. The molecule has 0 saturated carbocycles. The summed E-state index contributed by atoms with van der Waals surface area (Å²) in [4.78, 5) is 15.1. The largest absolute Gasteiger partial charge is 0.480 e. The molecule has 2 aliphatic rings. The quantitative estimate of drug-likeness (QED) is 0.776. The van der Waals surface area contributed by atoms with Gasteiger partial charge in [-0.15, -0.1) is 0 Å². The molecular weight excluding hydrogens is 204 g/mol. The third kappa shape index (κ3) is 2.38. The summed E-state index contributed by atoms with van der Waals surface area (Å²) in [6.07, 6.45) is 2.47. The van der Waals surface area contributed by atoms with Gasteiger partial charge in [-0.1, -0.05) is 0 Å². The van der Waals surface area contributed by atoms with E-state index in [4.69, 9.17) is 5.11 Å². The lowest BCUT2D eigenvalue weighted by Gasteiger charge is -2.54. The van der Waals surface area contributed by atoms with E-state index in [0.29, 0.717) is 11.5 Å². The zero-order chi connectivity index (χ0) is 11.8. The number of hydrogen-bond donors (Lipinski definition) is 1. The number of nitrogens with zero attached hydrogens (tertiary/aromatic N) is 2. The number of rotatable bonds is 3. The molecule has 4 nitrogen and oxygen atoms in total. The topological polar surface area (TPSA) is 43.8 Å². The molecule has 2 heterocycles. The zero-order valence-corrected chi connectivity index (χ0v) is 10.3. The van der Waals surface area contributed by atoms with Gasteiger partial charge in [0.1, 0.15) is 0 Å². The minimum absolute atomic E-state index is 0.218. The van der Waals surface area contributed by atoms with Gasteiger partial charge >= 0.3 is 5.97 Å². The number of carbonyl (C=O) groups is 1. The van der Waals surface area contributed by atoms with Crippen molar-refractivity contribution in [3.05, 3.63) is 0 Å².